The van der Waals surface area contributed by atoms with Crippen LogP contribution in [0.5, 0.6) is 5.75 Å². The first kappa shape index (κ1) is 19.6. The Hall–Kier alpha value is -4.06. The van der Waals surface area contributed by atoms with E-state index in [9.17, 15) is 4.79 Å². The summed E-state index contributed by atoms with van der Waals surface area (Å²) >= 11 is 0. The zero-order chi connectivity index (χ0) is 22.4. The molecule has 1 amide bonds. The molecule has 4 aromatic rings. The Labute approximate surface area is 192 Å². The average Bonchev–Trinajstić information content (AvgIpc) is 3.61. The number of methoxy groups -OCH3 is 1. The third-order valence-electron chi connectivity index (χ3n) is 6.32. The third-order valence-corrected chi connectivity index (χ3v) is 6.32. The van der Waals surface area contributed by atoms with E-state index >= 15 is 0 Å². The van der Waals surface area contributed by atoms with Crippen molar-refractivity contribution in [2.75, 3.05) is 12.4 Å². The number of benzene rings is 3. The summed E-state index contributed by atoms with van der Waals surface area (Å²) in [6.45, 7) is 0. The molecule has 0 bridgehead atoms. The smallest absolute Gasteiger partial charge is 0.258 e. The maximum Gasteiger partial charge on any atom is 0.258 e. The van der Waals surface area contributed by atoms with Crippen molar-refractivity contribution < 1.29 is 9.53 Å². The van der Waals surface area contributed by atoms with Gasteiger partial charge in [-0.1, -0.05) is 42.5 Å². The topological polar surface area (TPSA) is 59.4 Å². The normalized spacial score (nSPS) is 17.4. The van der Waals surface area contributed by atoms with E-state index < -0.39 is 0 Å². The Kier molecular flexibility index (Phi) is 4.64. The second-order valence-corrected chi connectivity index (χ2v) is 8.45. The largest absolute Gasteiger partial charge is 0.496 e. The van der Waals surface area contributed by atoms with Gasteiger partial charge in [0.05, 0.1) is 18.4 Å². The van der Waals surface area contributed by atoms with Crippen molar-refractivity contribution in [2.24, 2.45) is 0 Å². The van der Waals surface area contributed by atoms with Crippen molar-refractivity contribution in [3.8, 4) is 22.7 Å². The van der Waals surface area contributed by atoms with Crippen molar-refractivity contribution in [1.82, 2.24) is 14.7 Å². The first-order valence-electron chi connectivity index (χ1n) is 11.2. The highest BCUT2D eigenvalue weighted by Gasteiger charge is 2.43. The molecule has 6 nitrogen and oxygen atoms in total. The van der Waals surface area contributed by atoms with Gasteiger partial charge in [0.25, 0.3) is 5.91 Å². The number of hydrogen-bond donors (Lipinski definition) is 1. The molecule has 2 aliphatic rings. The number of para-hydroxylation sites is 3. The van der Waals surface area contributed by atoms with Gasteiger partial charge in [0, 0.05) is 29.1 Å². The van der Waals surface area contributed by atoms with E-state index in [1.165, 1.54) is 0 Å². The molecule has 1 aliphatic carbocycles. The molecular formula is C27H24N4O2. The Balaban J connectivity index is 1.55. The highest BCUT2D eigenvalue weighted by atomic mass is 16.5. The van der Waals surface area contributed by atoms with Gasteiger partial charge in [0.15, 0.2) is 0 Å². The van der Waals surface area contributed by atoms with E-state index in [1.807, 2.05) is 94.6 Å². The molecular weight excluding hydrogens is 412 g/mol. The lowest BCUT2D eigenvalue weighted by atomic mass is 10.0. The van der Waals surface area contributed by atoms with Crippen LogP contribution in [0.2, 0.25) is 0 Å². The lowest BCUT2D eigenvalue weighted by molar-refractivity contribution is 0.0667. The highest BCUT2D eigenvalue weighted by Crippen LogP contribution is 2.44. The number of aromatic nitrogens is 2. The van der Waals surface area contributed by atoms with Crippen LogP contribution < -0.4 is 10.1 Å². The van der Waals surface area contributed by atoms with E-state index in [0.29, 0.717) is 0 Å². The fourth-order valence-corrected chi connectivity index (χ4v) is 4.58. The number of carbonyl (C=O) groups excluding carboxylic acids is 1. The standard InChI is InChI=1S/C27H24N4O2/c1-33-24-14-8-6-12-21(24)25-22(17-30(29-25)18-9-3-2-4-10-18)26-28-23-13-7-5-11-20(23)27(32)31(26)19-15-16-19/h2-14,17,19,26,28H,15-16H2,1H3. The number of nitrogens with zero attached hydrogens (tertiary/aromatic N) is 3. The van der Waals surface area contributed by atoms with Crippen LogP contribution in [0.15, 0.2) is 85.1 Å². The number of amides is 1. The van der Waals surface area contributed by atoms with E-state index in [4.69, 9.17) is 9.84 Å². The first-order chi connectivity index (χ1) is 16.2. The van der Waals surface area contributed by atoms with Gasteiger partial charge in [0.2, 0.25) is 0 Å². The average molecular weight is 437 g/mol. The molecule has 1 saturated carbocycles. The van der Waals surface area contributed by atoms with Crippen molar-refractivity contribution in [3.05, 3.63) is 96.2 Å². The number of fused-ring (bicyclic) bond motifs is 1. The van der Waals surface area contributed by atoms with Gasteiger partial charge >= 0.3 is 0 Å². The lowest BCUT2D eigenvalue weighted by Crippen LogP contribution is -2.44. The molecule has 1 unspecified atom stereocenters. The quantitative estimate of drug-likeness (QED) is 0.463. The molecule has 1 N–H and O–H groups in total. The minimum atomic E-state index is -0.322. The van der Waals surface area contributed by atoms with E-state index in [1.54, 1.807) is 7.11 Å². The van der Waals surface area contributed by atoms with E-state index in [0.717, 1.165) is 52.4 Å². The minimum absolute atomic E-state index is 0.0651. The summed E-state index contributed by atoms with van der Waals surface area (Å²) in [4.78, 5) is 15.6. The molecule has 2 heterocycles. The van der Waals surface area contributed by atoms with Gasteiger partial charge in [-0.3, -0.25) is 4.79 Å². The maximum absolute atomic E-state index is 13.6. The Morgan fingerprint density at radius 3 is 2.36 bits per heavy atom. The number of anilines is 1. The molecule has 1 atom stereocenters. The Morgan fingerprint density at radius 1 is 0.909 bits per heavy atom. The molecule has 0 spiro atoms. The van der Waals surface area contributed by atoms with Gasteiger partial charge in [-0.05, 0) is 49.2 Å². The number of nitrogens with one attached hydrogen (secondary N) is 1. The number of ether oxygens (including phenoxy) is 1. The van der Waals surface area contributed by atoms with Gasteiger partial charge < -0.3 is 15.0 Å². The fraction of sp³-hybridized carbons (Fsp3) is 0.185. The summed E-state index contributed by atoms with van der Waals surface area (Å²) in [7, 11) is 1.67. The third kappa shape index (κ3) is 3.35. The summed E-state index contributed by atoms with van der Waals surface area (Å²) in [5.74, 6) is 0.813. The highest BCUT2D eigenvalue weighted by molar-refractivity contribution is 6.02. The molecule has 1 aliphatic heterocycles. The van der Waals surface area contributed by atoms with Crippen LogP contribution in [-0.4, -0.2) is 33.7 Å². The zero-order valence-electron chi connectivity index (χ0n) is 18.3. The number of carbonyl (C=O) groups is 1. The molecule has 6 rings (SSSR count). The minimum Gasteiger partial charge on any atom is -0.496 e. The lowest BCUT2D eigenvalue weighted by Gasteiger charge is -2.38. The molecule has 1 fully saturated rings. The summed E-state index contributed by atoms with van der Waals surface area (Å²) in [5, 5.41) is 8.63. The van der Waals surface area contributed by atoms with Crippen molar-refractivity contribution >= 4 is 11.6 Å². The first-order valence-corrected chi connectivity index (χ1v) is 11.2. The predicted octanol–water partition coefficient (Wildman–Crippen LogP) is 5.28. The predicted molar refractivity (Wildman–Crippen MR) is 128 cm³/mol. The second-order valence-electron chi connectivity index (χ2n) is 8.45. The van der Waals surface area contributed by atoms with Crippen LogP contribution in [0.3, 0.4) is 0 Å². The van der Waals surface area contributed by atoms with Crippen LogP contribution in [0.1, 0.15) is 34.9 Å². The van der Waals surface area contributed by atoms with Crippen LogP contribution in [0, 0.1) is 0 Å². The second kappa shape index (κ2) is 7.81. The van der Waals surface area contributed by atoms with Crippen LogP contribution in [-0.2, 0) is 0 Å². The Bertz CT molecular complexity index is 1330. The fourth-order valence-electron chi connectivity index (χ4n) is 4.58. The van der Waals surface area contributed by atoms with Gasteiger partial charge in [-0.25, -0.2) is 4.68 Å². The summed E-state index contributed by atoms with van der Waals surface area (Å²) in [6.07, 6.45) is 3.74. The van der Waals surface area contributed by atoms with E-state index in [-0.39, 0.29) is 18.1 Å². The summed E-state index contributed by atoms with van der Waals surface area (Å²) < 4.78 is 7.55. The molecule has 0 radical (unpaired) electrons. The van der Waals surface area contributed by atoms with Gasteiger partial charge in [0.1, 0.15) is 17.6 Å². The molecule has 33 heavy (non-hydrogen) atoms. The maximum atomic E-state index is 13.6. The van der Waals surface area contributed by atoms with Gasteiger partial charge in [-0.15, -0.1) is 0 Å². The summed E-state index contributed by atoms with van der Waals surface area (Å²) in [5.41, 5.74) is 5.16. The zero-order valence-corrected chi connectivity index (χ0v) is 18.3. The monoisotopic (exact) mass is 436 g/mol. The molecule has 6 heteroatoms. The van der Waals surface area contributed by atoms with E-state index in [2.05, 4.69) is 5.32 Å². The molecule has 164 valence electrons. The Morgan fingerprint density at radius 2 is 1.61 bits per heavy atom. The van der Waals surface area contributed by atoms with Crippen molar-refractivity contribution in [1.29, 1.82) is 0 Å². The van der Waals surface area contributed by atoms with Crippen LogP contribution in [0.25, 0.3) is 16.9 Å². The molecule has 1 aromatic heterocycles. The van der Waals surface area contributed by atoms with Crippen LogP contribution in [0.4, 0.5) is 5.69 Å². The van der Waals surface area contributed by atoms with Crippen LogP contribution >= 0.6 is 0 Å². The number of rotatable bonds is 5. The molecule has 0 saturated heterocycles. The molecule has 3 aromatic carbocycles. The number of hydrogen-bond acceptors (Lipinski definition) is 4. The SMILES string of the molecule is COc1ccccc1-c1nn(-c2ccccc2)cc1C1Nc2ccccc2C(=O)N1C1CC1. The van der Waals surface area contributed by atoms with Crippen molar-refractivity contribution in [3.63, 3.8) is 0 Å². The summed E-state index contributed by atoms with van der Waals surface area (Å²) in [6, 6.07) is 25.9. The van der Waals surface area contributed by atoms with Gasteiger partial charge in [-0.2, -0.15) is 5.10 Å². The van der Waals surface area contributed by atoms with Crippen molar-refractivity contribution in [2.45, 2.75) is 25.0 Å².